The molecule has 0 aliphatic rings. The van der Waals surface area contributed by atoms with Crippen molar-refractivity contribution in [2.24, 2.45) is 0 Å². The minimum Gasteiger partial charge on any atom is -0.234 e. The van der Waals surface area contributed by atoms with E-state index in [-0.39, 0.29) is 0 Å². The Kier molecular flexibility index (Phi) is 23.8. The fourth-order valence-corrected chi connectivity index (χ4v) is 7.87. The van der Waals surface area contributed by atoms with Crippen LogP contribution in [-0.2, 0) is 25.9 Å². The Labute approximate surface area is 310 Å². The summed E-state index contributed by atoms with van der Waals surface area (Å²) in [5.41, 5.74) is 4.42. The lowest BCUT2D eigenvalue weighted by molar-refractivity contribution is -0.710. The molecule has 0 fully saturated rings. The second-order valence-electron chi connectivity index (χ2n) is 15.7. The number of hydrogen-bond donors (Lipinski definition) is 0. The molecule has 3 rings (SSSR count). The molecule has 0 N–H and O–H groups in total. The Morgan fingerprint density at radius 2 is 0.920 bits per heavy atom. The third-order valence-corrected chi connectivity index (χ3v) is 11.1. The Hall–Kier alpha value is -2.35. The molecule has 0 amide bonds. The molecular formula is C48H79N2+. The fourth-order valence-electron chi connectivity index (χ4n) is 7.87. The second kappa shape index (κ2) is 28.3. The summed E-state index contributed by atoms with van der Waals surface area (Å²) in [6.07, 6.45) is 39.9. The smallest absolute Gasteiger partial charge is 0.234 e. The molecule has 0 radical (unpaired) electrons. The third-order valence-electron chi connectivity index (χ3n) is 11.1. The predicted molar refractivity (Wildman–Crippen MR) is 219 cm³/mol. The van der Waals surface area contributed by atoms with Gasteiger partial charge in [-0.3, -0.25) is 0 Å². The number of hydrogen-bond acceptors (Lipinski definition) is 0. The van der Waals surface area contributed by atoms with Gasteiger partial charge in [0.2, 0.25) is 0 Å². The van der Waals surface area contributed by atoms with E-state index >= 15 is 0 Å². The summed E-state index contributed by atoms with van der Waals surface area (Å²) in [6, 6.07) is 22.4. The van der Waals surface area contributed by atoms with Crippen LogP contribution >= 0.6 is 0 Å². The monoisotopic (exact) mass is 684 g/mol. The van der Waals surface area contributed by atoms with Crippen LogP contribution < -0.4 is 4.57 Å². The van der Waals surface area contributed by atoms with Gasteiger partial charge in [-0.1, -0.05) is 216 Å². The predicted octanol–water partition coefficient (Wildman–Crippen LogP) is 14.5. The summed E-state index contributed by atoms with van der Waals surface area (Å²) in [4.78, 5) is 0. The van der Waals surface area contributed by atoms with Crippen molar-refractivity contribution in [3.63, 3.8) is 0 Å². The number of aromatic nitrogens is 2. The SMILES string of the molecule is CCCCCCCCCCCCCCC[n+]1c(CC(C)c2ccccc2)cn(CCCCCCCCCCCCCC)c1Cc1ccccc1. The van der Waals surface area contributed by atoms with Gasteiger partial charge >= 0.3 is 0 Å². The molecule has 3 aromatic rings. The Morgan fingerprint density at radius 1 is 0.500 bits per heavy atom. The van der Waals surface area contributed by atoms with Gasteiger partial charge in [-0.05, 0) is 42.7 Å². The van der Waals surface area contributed by atoms with Crippen molar-refractivity contribution in [2.45, 2.75) is 213 Å². The average Bonchev–Trinajstić information content (AvgIpc) is 3.45. The van der Waals surface area contributed by atoms with Gasteiger partial charge in [0, 0.05) is 6.42 Å². The summed E-state index contributed by atoms with van der Waals surface area (Å²) in [7, 11) is 0. The van der Waals surface area contributed by atoms with Crippen LogP contribution in [0.3, 0.4) is 0 Å². The summed E-state index contributed by atoms with van der Waals surface area (Å²) in [5.74, 6) is 2.04. The minimum atomic E-state index is 0.515. The lowest BCUT2D eigenvalue weighted by Crippen LogP contribution is -2.41. The lowest BCUT2D eigenvalue weighted by atomic mass is 9.96. The lowest BCUT2D eigenvalue weighted by Gasteiger charge is -2.12. The molecule has 0 aliphatic heterocycles. The average molecular weight is 684 g/mol. The topological polar surface area (TPSA) is 8.81 Å². The van der Waals surface area contributed by atoms with E-state index in [0.717, 1.165) is 25.9 Å². The molecule has 0 bridgehead atoms. The number of benzene rings is 2. The zero-order chi connectivity index (χ0) is 35.3. The highest BCUT2D eigenvalue weighted by Crippen LogP contribution is 2.22. The number of unbranched alkanes of at least 4 members (excludes halogenated alkanes) is 23. The van der Waals surface area contributed by atoms with Crippen LogP contribution in [0, 0.1) is 0 Å². The molecule has 0 saturated heterocycles. The molecule has 0 saturated carbocycles. The van der Waals surface area contributed by atoms with E-state index in [4.69, 9.17) is 0 Å². The standard InChI is InChI=1S/C48H79N2/c1-4-6-8-10-12-14-16-18-20-22-24-26-34-40-50-47(41-44(3)46-37-31-28-32-38-46)43-49(48(50)42-45-35-29-27-30-36-45)39-33-25-23-21-19-17-15-13-11-9-7-5-2/h27-32,35-38,43-44H,4-26,33-34,39-42H2,1-3H3/q+1. The first-order chi connectivity index (χ1) is 24.7. The van der Waals surface area contributed by atoms with Crippen molar-refractivity contribution >= 4 is 0 Å². The van der Waals surface area contributed by atoms with Crippen LogP contribution in [0.1, 0.15) is 210 Å². The molecule has 2 heteroatoms. The maximum atomic E-state index is 2.76. The maximum Gasteiger partial charge on any atom is 0.261 e. The van der Waals surface area contributed by atoms with E-state index in [1.54, 1.807) is 0 Å². The number of aryl methyl sites for hydroxylation is 1. The summed E-state index contributed by atoms with van der Waals surface area (Å²) >= 11 is 0. The van der Waals surface area contributed by atoms with Gasteiger partial charge in [0.05, 0.1) is 19.5 Å². The normalized spacial score (nSPS) is 12.1. The molecule has 50 heavy (non-hydrogen) atoms. The maximum absolute atomic E-state index is 2.76. The van der Waals surface area contributed by atoms with E-state index < -0.39 is 0 Å². The first-order valence-electron chi connectivity index (χ1n) is 21.9. The quantitative estimate of drug-likeness (QED) is 0.0457. The first kappa shape index (κ1) is 42.1. The molecule has 1 heterocycles. The van der Waals surface area contributed by atoms with Crippen LogP contribution in [0.2, 0.25) is 0 Å². The van der Waals surface area contributed by atoms with Crippen molar-refractivity contribution < 1.29 is 4.57 Å². The van der Waals surface area contributed by atoms with Crippen molar-refractivity contribution in [3.8, 4) is 0 Å². The molecule has 2 aromatic carbocycles. The van der Waals surface area contributed by atoms with Crippen LogP contribution in [0.4, 0.5) is 0 Å². The van der Waals surface area contributed by atoms with Gasteiger partial charge in [0.1, 0.15) is 11.9 Å². The highest BCUT2D eigenvalue weighted by molar-refractivity contribution is 5.21. The minimum absolute atomic E-state index is 0.515. The molecule has 0 spiro atoms. The van der Waals surface area contributed by atoms with E-state index in [0.29, 0.717) is 5.92 Å². The van der Waals surface area contributed by atoms with E-state index in [1.807, 2.05) is 0 Å². The second-order valence-corrected chi connectivity index (χ2v) is 15.7. The van der Waals surface area contributed by atoms with E-state index in [2.05, 4.69) is 96.8 Å². The van der Waals surface area contributed by atoms with Crippen molar-refractivity contribution in [1.29, 1.82) is 0 Å². The first-order valence-corrected chi connectivity index (χ1v) is 21.9. The Morgan fingerprint density at radius 3 is 1.40 bits per heavy atom. The van der Waals surface area contributed by atoms with Gasteiger partial charge in [-0.2, -0.15) is 0 Å². The van der Waals surface area contributed by atoms with Gasteiger partial charge in [0.15, 0.2) is 0 Å². The highest BCUT2D eigenvalue weighted by atomic mass is 15.2. The summed E-state index contributed by atoms with van der Waals surface area (Å²) in [5, 5.41) is 0. The fraction of sp³-hybridized carbons (Fsp3) is 0.688. The van der Waals surface area contributed by atoms with Gasteiger partial charge < -0.3 is 0 Å². The van der Waals surface area contributed by atoms with Crippen LogP contribution in [0.15, 0.2) is 66.9 Å². The van der Waals surface area contributed by atoms with Crippen LogP contribution in [0.5, 0.6) is 0 Å². The molecule has 1 aromatic heterocycles. The number of imidazole rings is 1. The summed E-state index contributed by atoms with van der Waals surface area (Å²) in [6.45, 7) is 9.35. The van der Waals surface area contributed by atoms with E-state index in [9.17, 15) is 0 Å². The largest absolute Gasteiger partial charge is 0.261 e. The van der Waals surface area contributed by atoms with Gasteiger partial charge in [0.25, 0.3) is 5.82 Å². The zero-order valence-corrected chi connectivity index (χ0v) is 33.3. The molecular weight excluding hydrogens is 605 g/mol. The molecule has 1 atom stereocenters. The van der Waals surface area contributed by atoms with Gasteiger partial charge in [-0.15, -0.1) is 0 Å². The molecule has 0 aliphatic carbocycles. The molecule has 1 unspecified atom stereocenters. The summed E-state index contributed by atoms with van der Waals surface area (Å²) < 4.78 is 5.42. The number of rotatable bonds is 32. The Balaban J connectivity index is 1.55. The van der Waals surface area contributed by atoms with E-state index in [1.165, 1.54) is 183 Å². The van der Waals surface area contributed by atoms with Crippen molar-refractivity contribution in [2.75, 3.05) is 0 Å². The van der Waals surface area contributed by atoms with Crippen molar-refractivity contribution in [3.05, 3.63) is 89.5 Å². The van der Waals surface area contributed by atoms with Crippen molar-refractivity contribution in [1.82, 2.24) is 4.57 Å². The molecule has 280 valence electrons. The zero-order valence-electron chi connectivity index (χ0n) is 33.3. The van der Waals surface area contributed by atoms with Crippen LogP contribution in [0.25, 0.3) is 0 Å². The van der Waals surface area contributed by atoms with Gasteiger partial charge in [-0.25, -0.2) is 9.13 Å². The molecule has 2 nitrogen and oxygen atoms in total. The third kappa shape index (κ3) is 18.2. The van der Waals surface area contributed by atoms with Crippen LogP contribution in [-0.4, -0.2) is 4.57 Å². The number of nitrogens with zero attached hydrogens (tertiary/aromatic N) is 2. The highest BCUT2D eigenvalue weighted by Gasteiger charge is 2.25. The Bertz CT molecular complexity index is 1180.